The third-order valence-corrected chi connectivity index (χ3v) is 3.84. The first kappa shape index (κ1) is 15.8. The van der Waals surface area contributed by atoms with Crippen molar-refractivity contribution in [3.63, 3.8) is 0 Å². The summed E-state index contributed by atoms with van der Waals surface area (Å²) < 4.78 is 16.4. The molecular weight excluding hydrogens is 313 g/mol. The fourth-order valence-corrected chi connectivity index (χ4v) is 2.65. The van der Waals surface area contributed by atoms with Crippen molar-refractivity contribution in [1.29, 1.82) is 0 Å². The molecule has 0 aromatic heterocycles. The zero-order chi connectivity index (χ0) is 16.1. The number of amides is 1. The van der Waals surface area contributed by atoms with Gasteiger partial charge in [-0.15, -0.1) is 0 Å². The second-order valence-electron chi connectivity index (χ2n) is 5.09. The fourth-order valence-electron chi connectivity index (χ4n) is 2.47. The minimum Gasteiger partial charge on any atom is -0.478 e. The molecule has 0 radical (unpaired) electrons. The van der Waals surface area contributed by atoms with Gasteiger partial charge in [0.1, 0.15) is 0 Å². The average Bonchev–Trinajstić information content (AvgIpc) is 2.60. The first-order valence-corrected chi connectivity index (χ1v) is 7.81. The maximum atomic E-state index is 12.1. The van der Waals surface area contributed by atoms with E-state index in [1.165, 1.54) is 0 Å². The van der Waals surface area contributed by atoms with Crippen LogP contribution in [0.4, 0.5) is 5.69 Å². The lowest BCUT2D eigenvalue weighted by Crippen LogP contribution is -2.40. The molecule has 0 saturated heterocycles. The van der Waals surface area contributed by atoms with Crippen LogP contribution in [0, 0.1) is 0 Å². The molecule has 6 heteroatoms. The van der Waals surface area contributed by atoms with E-state index >= 15 is 0 Å². The van der Waals surface area contributed by atoms with Crippen molar-refractivity contribution >= 4 is 21.1 Å². The van der Waals surface area contributed by atoms with Gasteiger partial charge in [-0.25, -0.2) is 0 Å². The summed E-state index contributed by atoms with van der Waals surface area (Å²) in [5.74, 6) is 1.10. The van der Waals surface area contributed by atoms with Gasteiger partial charge < -0.3 is 18.9 Å². The van der Waals surface area contributed by atoms with Crippen molar-refractivity contribution in [3.05, 3.63) is 54.1 Å². The first-order chi connectivity index (χ1) is 11.3. The van der Waals surface area contributed by atoms with E-state index in [1.54, 1.807) is 11.0 Å². The molecule has 3 rings (SSSR count). The van der Waals surface area contributed by atoms with Gasteiger partial charge >= 0.3 is 0 Å². The van der Waals surface area contributed by atoms with Crippen molar-refractivity contribution in [3.8, 4) is 11.5 Å². The Bertz CT molecular complexity index is 684. The molecule has 5 nitrogen and oxygen atoms in total. The van der Waals surface area contributed by atoms with Crippen LogP contribution < -0.4 is 14.2 Å². The van der Waals surface area contributed by atoms with Gasteiger partial charge in [0.25, 0.3) is 5.91 Å². The molecule has 0 saturated carbocycles. The smallest absolute Gasteiger partial charge is 0.265 e. The number of rotatable bonds is 6. The highest BCUT2D eigenvalue weighted by Crippen LogP contribution is 2.40. The number of benzene rings is 2. The molecule has 1 unspecified atom stereocenters. The molecule has 0 spiro atoms. The van der Waals surface area contributed by atoms with E-state index in [9.17, 15) is 4.79 Å². The predicted octanol–water partition coefficient (Wildman–Crippen LogP) is 3.04. The molecule has 1 aliphatic heterocycles. The number of carbonyl (C=O) groups is 1. The summed E-state index contributed by atoms with van der Waals surface area (Å²) in [6.07, 6.45) is 0. The summed E-state index contributed by atoms with van der Waals surface area (Å²) in [6, 6.07) is 15.4. The quantitative estimate of drug-likeness (QED) is 0.601. The summed E-state index contributed by atoms with van der Waals surface area (Å²) in [6.45, 7) is 1.46. The number of anilines is 1. The van der Waals surface area contributed by atoms with Crippen LogP contribution in [0.25, 0.3) is 0 Å². The van der Waals surface area contributed by atoms with Crippen molar-refractivity contribution in [2.75, 3.05) is 24.7 Å². The SMILES string of the molecule is O=C1COc2c(OP)cccc2N1CCOCc1ccccc1.[3HH]. The van der Waals surface area contributed by atoms with Crippen LogP contribution in [0.1, 0.15) is 6.99 Å². The number of para-hydroxylation sites is 1. The van der Waals surface area contributed by atoms with Crippen LogP contribution in [0.15, 0.2) is 48.5 Å². The Hall–Kier alpha value is -2.10. The number of ether oxygens (including phenoxy) is 2. The van der Waals surface area contributed by atoms with Gasteiger partial charge in [0.05, 0.1) is 28.4 Å². The minimum atomic E-state index is -0.0817. The Morgan fingerprint density at radius 3 is 2.78 bits per heavy atom. The Kier molecular flexibility index (Phi) is 5.11. The molecule has 0 aliphatic carbocycles. The fraction of sp³-hybridized carbons (Fsp3) is 0.235. The summed E-state index contributed by atoms with van der Waals surface area (Å²) in [5, 5.41) is 0. The molecule has 2 aromatic rings. The molecule has 1 atom stereocenters. The van der Waals surface area contributed by atoms with E-state index in [-0.39, 0.29) is 13.9 Å². The van der Waals surface area contributed by atoms with Gasteiger partial charge in [0.15, 0.2) is 18.1 Å². The van der Waals surface area contributed by atoms with Crippen molar-refractivity contribution in [2.45, 2.75) is 6.61 Å². The van der Waals surface area contributed by atoms with Crippen molar-refractivity contribution in [2.24, 2.45) is 0 Å². The van der Waals surface area contributed by atoms with E-state index in [0.29, 0.717) is 36.9 Å². The normalized spacial score (nSPS) is 13.4. The lowest BCUT2D eigenvalue weighted by atomic mass is 10.2. The Balaban J connectivity index is 0.00000208. The Morgan fingerprint density at radius 2 is 2.00 bits per heavy atom. The van der Waals surface area contributed by atoms with Crippen LogP contribution in [-0.2, 0) is 16.1 Å². The average molecular weight is 335 g/mol. The Morgan fingerprint density at radius 1 is 1.17 bits per heavy atom. The third kappa shape index (κ3) is 3.63. The molecule has 1 heterocycles. The summed E-state index contributed by atoms with van der Waals surface area (Å²) in [4.78, 5) is 13.8. The van der Waals surface area contributed by atoms with Gasteiger partial charge in [0, 0.05) is 7.97 Å². The van der Waals surface area contributed by atoms with Gasteiger partial charge in [-0.1, -0.05) is 36.4 Å². The maximum Gasteiger partial charge on any atom is 0.265 e. The highest BCUT2D eigenvalue weighted by Gasteiger charge is 2.27. The number of hydrogen-bond acceptors (Lipinski definition) is 4. The largest absolute Gasteiger partial charge is 0.478 e. The summed E-state index contributed by atoms with van der Waals surface area (Å²) in [7, 11) is 2.19. The van der Waals surface area contributed by atoms with Crippen LogP contribution in [0.3, 0.4) is 0 Å². The minimum absolute atomic E-state index is 0. The maximum absolute atomic E-state index is 12.1. The molecule has 1 amide bonds. The topological polar surface area (TPSA) is 48.0 Å². The summed E-state index contributed by atoms with van der Waals surface area (Å²) in [5.41, 5.74) is 1.82. The second-order valence-corrected chi connectivity index (χ2v) is 5.33. The molecule has 0 fully saturated rings. The number of nitrogens with zero attached hydrogens (tertiary/aromatic N) is 1. The van der Waals surface area contributed by atoms with Crippen LogP contribution in [0.2, 0.25) is 0 Å². The second kappa shape index (κ2) is 7.44. The zero-order valence-electron chi connectivity index (χ0n) is 12.6. The predicted molar refractivity (Wildman–Crippen MR) is 92.8 cm³/mol. The van der Waals surface area contributed by atoms with Crippen LogP contribution in [0.5, 0.6) is 11.5 Å². The van der Waals surface area contributed by atoms with E-state index in [2.05, 4.69) is 9.47 Å². The molecule has 0 N–H and O–H groups in total. The van der Waals surface area contributed by atoms with E-state index in [1.807, 2.05) is 42.5 Å². The number of fused-ring (bicyclic) bond motifs is 1. The molecule has 122 valence electrons. The van der Waals surface area contributed by atoms with Gasteiger partial charge in [-0.3, -0.25) is 4.79 Å². The molecule has 1 aliphatic rings. The zero-order valence-corrected chi connectivity index (χ0v) is 13.8. The molecular formula is C17H20NO4P. The molecule has 2 aromatic carbocycles. The highest BCUT2D eigenvalue weighted by atomic mass is 31.0. The first-order valence-electron chi connectivity index (χ1n) is 7.34. The number of carbonyl (C=O) groups excluding carboxylic acids is 1. The van der Waals surface area contributed by atoms with Crippen molar-refractivity contribution in [1.82, 2.24) is 0 Å². The van der Waals surface area contributed by atoms with Crippen molar-refractivity contribution < 1.29 is 20.2 Å². The van der Waals surface area contributed by atoms with E-state index < -0.39 is 0 Å². The van der Waals surface area contributed by atoms with E-state index in [0.717, 1.165) is 5.56 Å². The lowest BCUT2D eigenvalue weighted by Gasteiger charge is -2.30. The number of hydrogen-bond donors (Lipinski definition) is 0. The van der Waals surface area contributed by atoms with Gasteiger partial charge in [0.2, 0.25) is 0 Å². The molecule has 0 bridgehead atoms. The third-order valence-electron chi connectivity index (χ3n) is 3.59. The van der Waals surface area contributed by atoms with Gasteiger partial charge in [-0.2, -0.15) is 0 Å². The van der Waals surface area contributed by atoms with E-state index in [4.69, 9.17) is 14.0 Å². The highest BCUT2D eigenvalue weighted by molar-refractivity contribution is 7.10. The lowest BCUT2D eigenvalue weighted by molar-refractivity contribution is -0.121. The Labute approximate surface area is 138 Å². The van der Waals surface area contributed by atoms with Crippen LogP contribution >= 0.6 is 9.47 Å². The summed E-state index contributed by atoms with van der Waals surface area (Å²) >= 11 is 0. The standard InChI is InChI=1S/C17H18NO4P.H2/c19-16-12-21-17-14(7-4-8-15(17)22-23)18(16)9-10-20-11-13-5-2-1-3-6-13;/h1-8H,9-12,23H2;1H/i;1+2. The monoisotopic (exact) mass is 335 g/mol. The van der Waals surface area contributed by atoms with Crippen LogP contribution in [-0.4, -0.2) is 25.7 Å². The van der Waals surface area contributed by atoms with Gasteiger partial charge in [-0.05, 0) is 17.7 Å². The molecule has 23 heavy (non-hydrogen) atoms.